The first-order chi connectivity index (χ1) is 14.6. The molecule has 3 N–H and O–H groups in total. The van der Waals surface area contributed by atoms with Gasteiger partial charge in [-0.3, -0.25) is 25.2 Å². The van der Waals surface area contributed by atoms with Crippen LogP contribution in [0.5, 0.6) is 5.75 Å². The zero-order valence-corrected chi connectivity index (χ0v) is 16.1. The fraction of sp³-hybridized carbons (Fsp3) is 0.136. The molecule has 8 heteroatoms. The average molecular weight is 407 g/mol. The van der Waals surface area contributed by atoms with Gasteiger partial charge in [-0.15, -0.1) is 0 Å². The van der Waals surface area contributed by atoms with E-state index in [1.807, 2.05) is 60.7 Å². The zero-order chi connectivity index (χ0) is 21.2. The SMILES string of the molecule is O=C(Cc1ccccc1)NCC(=O)NNC(=O)c1ccc(COc2ccccc2)o1. The molecule has 0 saturated heterocycles. The molecule has 0 spiro atoms. The van der Waals surface area contributed by atoms with Gasteiger partial charge in [0.1, 0.15) is 18.1 Å². The van der Waals surface area contributed by atoms with Crippen LogP contribution in [0.25, 0.3) is 0 Å². The second kappa shape index (κ2) is 10.5. The second-order valence-corrected chi connectivity index (χ2v) is 6.31. The van der Waals surface area contributed by atoms with Crippen LogP contribution in [-0.2, 0) is 22.6 Å². The Balaban J connectivity index is 1.37. The van der Waals surface area contributed by atoms with Crippen molar-refractivity contribution >= 4 is 17.7 Å². The Hall–Kier alpha value is -4.07. The molecular formula is C22H21N3O5. The molecule has 1 aromatic heterocycles. The normalized spacial score (nSPS) is 10.1. The minimum Gasteiger partial charge on any atom is -0.486 e. The Morgan fingerprint density at radius 3 is 2.23 bits per heavy atom. The zero-order valence-electron chi connectivity index (χ0n) is 16.1. The molecule has 154 valence electrons. The topological polar surface area (TPSA) is 110 Å². The molecule has 0 aliphatic heterocycles. The quantitative estimate of drug-likeness (QED) is 0.495. The van der Waals surface area contributed by atoms with Crippen LogP contribution in [0.4, 0.5) is 0 Å². The summed E-state index contributed by atoms with van der Waals surface area (Å²) in [5.41, 5.74) is 5.30. The van der Waals surface area contributed by atoms with Gasteiger partial charge < -0.3 is 14.5 Å². The molecular weight excluding hydrogens is 386 g/mol. The van der Waals surface area contributed by atoms with Gasteiger partial charge in [-0.25, -0.2) is 0 Å². The van der Waals surface area contributed by atoms with Crippen molar-refractivity contribution in [2.45, 2.75) is 13.0 Å². The number of furan rings is 1. The van der Waals surface area contributed by atoms with E-state index in [0.29, 0.717) is 11.5 Å². The summed E-state index contributed by atoms with van der Waals surface area (Å²) in [5, 5.41) is 2.49. The number of ether oxygens (including phenoxy) is 1. The summed E-state index contributed by atoms with van der Waals surface area (Å²) >= 11 is 0. The summed E-state index contributed by atoms with van der Waals surface area (Å²) in [6, 6.07) is 21.5. The predicted molar refractivity (Wildman–Crippen MR) is 108 cm³/mol. The second-order valence-electron chi connectivity index (χ2n) is 6.31. The van der Waals surface area contributed by atoms with Crippen molar-refractivity contribution in [1.82, 2.24) is 16.2 Å². The first kappa shape index (κ1) is 20.7. The lowest BCUT2D eigenvalue weighted by Crippen LogP contribution is -2.46. The monoisotopic (exact) mass is 407 g/mol. The minimum absolute atomic E-state index is 0.0232. The molecule has 0 fully saturated rings. The van der Waals surface area contributed by atoms with E-state index in [9.17, 15) is 14.4 Å². The van der Waals surface area contributed by atoms with Gasteiger partial charge in [0.25, 0.3) is 5.91 Å². The number of hydrazine groups is 1. The summed E-state index contributed by atoms with van der Waals surface area (Å²) in [6.45, 7) is -0.0998. The number of para-hydroxylation sites is 1. The van der Waals surface area contributed by atoms with E-state index in [0.717, 1.165) is 5.56 Å². The first-order valence-corrected chi connectivity index (χ1v) is 9.26. The lowest BCUT2D eigenvalue weighted by molar-refractivity contribution is -0.126. The number of rotatable bonds is 8. The van der Waals surface area contributed by atoms with Crippen LogP contribution in [0.2, 0.25) is 0 Å². The van der Waals surface area contributed by atoms with Crippen molar-refractivity contribution in [1.29, 1.82) is 0 Å². The van der Waals surface area contributed by atoms with Crippen LogP contribution in [0, 0.1) is 0 Å². The molecule has 3 aromatic rings. The number of nitrogens with one attached hydrogen (secondary N) is 3. The van der Waals surface area contributed by atoms with Crippen LogP contribution < -0.4 is 20.9 Å². The molecule has 8 nitrogen and oxygen atoms in total. The van der Waals surface area contributed by atoms with E-state index >= 15 is 0 Å². The van der Waals surface area contributed by atoms with Crippen molar-refractivity contribution in [3.8, 4) is 5.75 Å². The number of amides is 3. The summed E-state index contributed by atoms with van der Waals surface area (Å²) in [4.78, 5) is 35.7. The highest BCUT2D eigenvalue weighted by Crippen LogP contribution is 2.13. The Labute approximate surface area is 173 Å². The van der Waals surface area contributed by atoms with Gasteiger partial charge in [-0.05, 0) is 29.8 Å². The maximum Gasteiger partial charge on any atom is 0.305 e. The lowest BCUT2D eigenvalue weighted by atomic mass is 10.1. The van der Waals surface area contributed by atoms with Crippen molar-refractivity contribution in [3.63, 3.8) is 0 Å². The van der Waals surface area contributed by atoms with Crippen molar-refractivity contribution in [3.05, 3.63) is 89.9 Å². The predicted octanol–water partition coefficient (Wildman–Crippen LogP) is 1.98. The van der Waals surface area contributed by atoms with Gasteiger partial charge in [0, 0.05) is 0 Å². The van der Waals surface area contributed by atoms with Gasteiger partial charge in [0.2, 0.25) is 5.91 Å². The first-order valence-electron chi connectivity index (χ1n) is 9.26. The maximum absolute atomic E-state index is 12.1. The van der Waals surface area contributed by atoms with Crippen LogP contribution in [0.3, 0.4) is 0 Å². The Bertz CT molecular complexity index is 986. The van der Waals surface area contributed by atoms with Crippen molar-refractivity contribution in [2.24, 2.45) is 0 Å². The molecule has 0 unspecified atom stereocenters. The van der Waals surface area contributed by atoms with Crippen LogP contribution >= 0.6 is 0 Å². The number of hydrogen-bond donors (Lipinski definition) is 3. The van der Waals surface area contributed by atoms with Gasteiger partial charge >= 0.3 is 5.91 Å². The molecule has 1 heterocycles. The molecule has 0 saturated carbocycles. The average Bonchev–Trinajstić information content (AvgIpc) is 3.25. The third-order valence-electron chi connectivity index (χ3n) is 3.98. The van der Waals surface area contributed by atoms with E-state index in [-0.39, 0.29) is 31.2 Å². The van der Waals surface area contributed by atoms with Gasteiger partial charge in [0.15, 0.2) is 5.76 Å². The number of carbonyl (C=O) groups is 3. The fourth-order valence-electron chi connectivity index (χ4n) is 2.50. The molecule has 3 amide bonds. The molecule has 0 bridgehead atoms. The van der Waals surface area contributed by atoms with Gasteiger partial charge in [0.05, 0.1) is 13.0 Å². The van der Waals surface area contributed by atoms with E-state index in [2.05, 4.69) is 16.2 Å². The molecule has 0 radical (unpaired) electrons. The minimum atomic E-state index is -0.620. The largest absolute Gasteiger partial charge is 0.486 e. The van der Waals surface area contributed by atoms with Crippen LogP contribution in [0.15, 0.2) is 77.2 Å². The Kier molecular flexibility index (Phi) is 7.21. The molecule has 3 rings (SSSR count). The van der Waals surface area contributed by atoms with Gasteiger partial charge in [-0.2, -0.15) is 0 Å². The standard InChI is InChI=1S/C22H21N3O5/c26-20(13-16-7-3-1-4-8-16)23-14-21(27)24-25-22(28)19-12-11-18(30-19)15-29-17-9-5-2-6-10-17/h1-12H,13-15H2,(H,23,26)(H,24,27)(H,25,28). The summed E-state index contributed by atoms with van der Waals surface area (Å²) in [6.07, 6.45) is 0.167. The third-order valence-corrected chi connectivity index (χ3v) is 3.98. The molecule has 30 heavy (non-hydrogen) atoms. The van der Waals surface area contributed by atoms with Gasteiger partial charge in [-0.1, -0.05) is 48.5 Å². The van der Waals surface area contributed by atoms with Crippen molar-refractivity contribution in [2.75, 3.05) is 6.54 Å². The van der Waals surface area contributed by atoms with E-state index in [1.54, 1.807) is 6.07 Å². The summed E-state index contributed by atoms with van der Waals surface area (Å²) in [7, 11) is 0. The highest BCUT2D eigenvalue weighted by atomic mass is 16.5. The highest BCUT2D eigenvalue weighted by Gasteiger charge is 2.13. The van der Waals surface area contributed by atoms with Crippen LogP contribution in [-0.4, -0.2) is 24.3 Å². The molecule has 0 aliphatic carbocycles. The summed E-state index contributed by atoms with van der Waals surface area (Å²) < 4.78 is 11.0. The number of carbonyl (C=O) groups excluding carboxylic acids is 3. The lowest BCUT2D eigenvalue weighted by Gasteiger charge is -2.07. The van der Waals surface area contributed by atoms with E-state index in [4.69, 9.17) is 9.15 Å². The molecule has 0 atom stereocenters. The third kappa shape index (κ3) is 6.52. The van der Waals surface area contributed by atoms with Crippen LogP contribution in [0.1, 0.15) is 21.9 Å². The van der Waals surface area contributed by atoms with E-state index < -0.39 is 11.8 Å². The summed E-state index contributed by atoms with van der Waals surface area (Å²) in [5.74, 6) is -0.314. The molecule has 0 aliphatic rings. The Morgan fingerprint density at radius 1 is 0.800 bits per heavy atom. The van der Waals surface area contributed by atoms with E-state index in [1.165, 1.54) is 6.07 Å². The molecule has 2 aromatic carbocycles. The van der Waals surface area contributed by atoms with Crippen molar-refractivity contribution < 1.29 is 23.5 Å². The smallest absolute Gasteiger partial charge is 0.305 e. The maximum atomic E-state index is 12.1. The highest BCUT2D eigenvalue weighted by molar-refractivity contribution is 5.93. The Morgan fingerprint density at radius 2 is 1.50 bits per heavy atom. The fourth-order valence-corrected chi connectivity index (χ4v) is 2.50. The number of hydrogen-bond acceptors (Lipinski definition) is 5. The number of benzene rings is 2.